The second kappa shape index (κ2) is 6.59. The fraction of sp³-hybridized carbons (Fsp3) is 0.500. The van der Waals surface area contributed by atoms with Crippen LogP contribution in [-0.4, -0.2) is 72.2 Å². The summed E-state index contributed by atoms with van der Waals surface area (Å²) in [7, 11) is 1.46. The standard InChI is InChI=1S/C16H19BrN2O4/c1-23-9-15(22)18-6-12-16(10-2-4-11(17)5-3-10)13(8-20)19(12)14(21)7-18/h2-5,12-13,16,20H,6-9H2,1H3/t12-,13-,16+/m0/s1. The third-order valence-corrected chi connectivity index (χ3v) is 5.16. The van der Waals surface area contributed by atoms with Gasteiger partial charge < -0.3 is 19.6 Å². The summed E-state index contributed by atoms with van der Waals surface area (Å²) in [6, 6.07) is 7.59. The van der Waals surface area contributed by atoms with Crippen LogP contribution in [0, 0.1) is 0 Å². The predicted octanol–water partition coefficient (Wildman–Crippen LogP) is 0.593. The molecule has 2 aliphatic rings. The lowest BCUT2D eigenvalue weighted by molar-refractivity contribution is -0.168. The molecule has 124 valence electrons. The minimum absolute atomic E-state index is 0.0214. The summed E-state index contributed by atoms with van der Waals surface area (Å²) in [5, 5.41) is 9.68. The molecule has 2 fully saturated rings. The van der Waals surface area contributed by atoms with Crippen molar-refractivity contribution in [3.05, 3.63) is 34.3 Å². The Hall–Kier alpha value is -1.44. The van der Waals surface area contributed by atoms with Gasteiger partial charge in [-0.3, -0.25) is 9.59 Å². The van der Waals surface area contributed by atoms with Gasteiger partial charge in [0.05, 0.1) is 25.2 Å². The molecule has 1 aromatic carbocycles. The van der Waals surface area contributed by atoms with Crippen molar-refractivity contribution < 1.29 is 19.4 Å². The van der Waals surface area contributed by atoms with Crippen LogP contribution in [0.25, 0.3) is 0 Å². The van der Waals surface area contributed by atoms with Crippen LogP contribution in [0.4, 0.5) is 0 Å². The minimum atomic E-state index is -0.214. The van der Waals surface area contributed by atoms with E-state index < -0.39 is 0 Å². The molecule has 0 bridgehead atoms. The molecular formula is C16H19BrN2O4. The molecule has 2 amide bonds. The molecule has 2 aliphatic heterocycles. The molecule has 0 aliphatic carbocycles. The first kappa shape index (κ1) is 16.4. The zero-order valence-electron chi connectivity index (χ0n) is 12.8. The summed E-state index contributed by atoms with van der Waals surface area (Å²) < 4.78 is 5.86. The summed E-state index contributed by atoms with van der Waals surface area (Å²) in [5.74, 6) is -0.254. The quantitative estimate of drug-likeness (QED) is 0.827. The number of aliphatic hydroxyl groups is 1. The number of hydrogen-bond acceptors (Lipinski definition) is 4. The molecule has 7 heteroatoms. The Morgan fingerprint density at radius 1 is 1.39 bits per heavy atom. The Bertz CT molecular complexity index is 607. The van der Waals surface area contributed by atoms with E-state index in [1.165, 1.54) is 7.11 Å². The van der Waals surface area contributed by atoms with E-state index in [-0.39, 0.29) is 49.6 Å². The van der Waals surface area contributed by atoms with Crippen molar-refractivity contribution in [2.24, 2.45) is 0 Å². The van der Waals surface area contributed by atoms with Crippen LogP contribution >= 0.6 is 15.9 Å². The van der Waals surface area contributed by atoms with Gasteiger partial charge in [0.15, 0.2) is 0 Å². The molecule has 23 heavy (non-hydrogen) atoms. The second-order valence-corrected chi connectivity index (χ2v) is 6.82. The van der Waals surface area contributed by atoms with E-state index in [0.717, 1.165) is 10.0 Å². The first-order chi connectivity index (χ1) is 11.1. The highest BCUT2D eigenvalue weighted by Crippen LogP contribution is 2.43. The predicted molar refractivity (Wildman–Crippen MR) is 86.8 cm³/mol. The van der Waals surface area contributed by atoms with Crippen molar-refractivity contribution in [2.45, 2.75) is 18.0 Å². The maximum Gasteiger partial charge on any atom is 0.249 e. The first-order valence-electron chi connectivity index (χ1n) is 7.51. The van der Waals surface area contributed by atoms with Gasteiger partial charge in [-0.25, -0.2) is 0 Å². The first-order valence-corrected chi connectivity index (χ1v) is 8.30. The number of aliphatic hydroxyl groups excluding tert-OH is 1. The maximum absolute atomic E-state index is 12.3. The number of rotatable bonds is 4. The fourth-order valence-corrected chi connectivity index (χ4v) is 3.85. The van der Waals surface area contributed by atoms with Crippen molar-refractivity contribution in [3.63, 3.8) is 0 Å². The Kier molecular flexibility index (Phi) is 4.70. The highest BCUT2D eigenvalue weighted by molar-refractivity contribution is 9.10. The van der Waals surface area contributed by atoms with E-state index in [4.69, 9.17) is 4.74 Å². The topological polar surface area (TPSA) is 70.1 Å². The molecule has 2 heterocycles. The highest BCUT2D eigenvalue weighted by atomic mass is 79.9. The Labute approximate surface area is 143 Å². The average molecular weight is 383 g/mol. The summed E-state index contributed by atoms with van der Waals surface area (Å²) in [5.41, 5.74) is 1.07. The average Bonchev–Trinajstić information content (AvgIpc) is 2.51. The van der Waals surface area contributed by atoms with Gasteiger partial charge >= 0.3 is 0 Å². The number of hydrogen-bond donors (Lipinski definition) is 1. The maximum atomic E-state index is 12.3. The van der Waals surface area contributed by atoms with Crippen molar-refractivity contribution in [3.8, 4) is 0 Å². The molecule has 2 saturated heterocycles. The SMILES string of the molecule is COCC(=O)N1CC(=O)N2[C@@H](CO)[C@H](c3ccc(Br)cc3)[C@@H]2C1. The number of carbonyl (C=O) groups excluding carboxylic acids is 2. The van der Waals surface area contributed by atoms with E-state index in [1.54, 1.807) is 9.80 Å². The van der Waals surface area contributed by atoms with Crippen molar-refractivity contribution >= 4 is 27.7 Å². The minimum Gasteiger partial charge on any atom is -0.394 e. The van der Waals surface area contributed by atoms with Gasteiger partial charge in [0, 0.05) is 24.0 Å². The largest absolute Gasteiger partial charge is 0.394 e. The zero-order chi connectivity index (χ0) is 16.6. The van der Waals surface area contributed by atoms with Crippen LogP contribution in [0.1, 0.15) is 11.5 Å². The Morgan fingerprint density at radius 3 is 2.70 bits per heavy atom. The molecule has 0 saturated carbocycles. The lowest BCUT2D eigenvalue weighted by atomic mass is 9.74. The van der Waals surface area contributed by atoms with Gasteiger partial charge in [-0.2, -0.15) is 0 Å². The fourth-order valence-electron chi connectivity index (χ4n) is 3.59. The van der Waals surface area contributed by atoms with Gasteiger partial charge in [-0.1, -0.05) is 28.1 Å². The van der Waals surface area contributed by atoms with Crippen molar-refractivity contribution in [1.82, 2.24) is 9.80 Å². The molecule has 0 unspecified atom stereocenters. The number of halogens is 1. The van der Waals surface area contributed by atoms with Crippen LogP contribution in [0.5, 0.6) is 0 Å². The summed E-state index contributed by atoms with van der Waals surface area (Å²) in [4.78, 5) is 27.7. The number of piperazine rings is 1. The zero-order valence-corrected chi connectivity index (χ0v) is 14.4. The molecule has 0 spiro atoms. The van der Waals surface area contributed by atoms with Crippen LogP contribution < -0.4 is 0 Å². The van der Waals surface area contributed by atoms with Gasteiger partial charge in [0.2, 0.25) is 11.8 Å². The Morgan fingerprint density at radius 2 is 2.09 bits per heavy atom. The molecule has 3 atom stereocenters. The Balaban J connectivity index is 1.82. The lowest BCUT2D eigenvalue weighted by Crippen LogP contribution is -2.73. The number of fused-ring (bicyclic) bond motifs is 1. The van der Waals surface area contributed by atoms with Gasteiger partial charge in [-0.05, 0) is 17.7 Å². The van der Waals surface area contributed by atoms with Gasteiger partial charge in [0.1, 0.15) is 6.61 Å². The van der Waals surface area contributed by atoms with Crippen LogP contribution in [0.3, 0.4) is 0 Å². The lowest BCUT2D eigenvalue weighted by Gasteiger charge is -2.58. The smallest absolute Gasteiger partial charge is 0.249 e. The number of ether oxygens (including phenoxy) is 1. The number of methoxy groups -OCH3 is 1. The summed E-state index contributed by atoms with van der Waals surface area (Å²) >= 11 is 3.41. The number of amides is 2. The monoisotopic (exact) mass is 382 g/mol. The number of nitrogens with zero attached hydrogens (tertiary/aromatic N) is 2. The van der Waals surface area contributed by atoms with Crippen LogP contribution in [0.15, 0.2) is 28.7 Å². The van der Waals surface area contributed by atoms with Crippen molar-refractivity contribution in [1.29, 1.82) is 0 Å². The molecule has 0 aromatic heterocycles. The van der Waals surface area contributed by atoms with Crippen LogP contribution in [0.2, 0.25) is 0 Å². The van der Waals surface area contributed by atoms with E-state index in [0.29, 0.717) is 6.54 Å². The normalized spacial score (nSPS) is 26.7. The highest BCUT2D eigenvalue weighted by Gasteiger charge is 2.54. The third-order valence-electron chi connectivity index (χ3n) is 4.63. The van der Waals surface area contributed by atoms with E-state index in [2.05, 4.69) is 15.9 Å². The van der Waals surface area contributed by atoms with Crippen LogP contribution in [-0.2, 0) is 14.3 Å². The summed E-state index contributed by atoms with van der Waals surface area (Å²) in [6.07, 6.45) is 0. The summed E-state index contributed by atoms with van der Waals surface area (Å²) in [6.45, 7) is 0.439. The van der Waals surface area contributed by atoms with E-state index in [9.17, 15) is 14.7 Å². The second-order valence-electron chi connectivity index (χ2n) is 5.90. The van der Waals surface area contributed by atoms with Gasteiger partial charge in [-0.15, -0.1) is 0 Å². The molecule has 3 rings (SSSR count). The molecule has 1 N–H and O–H groups in total. The molecule has 1 aromatic rings. The number of carbonyl (C=O) groups is 2. The van der Waals surface area contributed by atoms with Gasteiger partial charge in [0.25, 0.3) is 0 Å². The number of benzene rings is 1. The van der Waals surface area contributed by atoms with E-state index in [1.807, 2.05) is 24.3 Å². The van der Waals surface area contributed by atoms with E-state index >= 15 is 0 Å². The molecular weight excluding hydrogens is 364 g/mol. The van der Waals surface area contributed by atoms with Crippen molar-refractivity contribution in [2.75, 3.05) is 33.4 Å². The third kappa shape index (κ3) is 2.88. The molecule has 6 nitrogen and oxygen atoms in total. The molecule has 0 radical (unpaired) electrons.